The fraction of sp³-hybridized carbons (Fsp3) is 0.200. The lowest BCUT2D eigenvalue weighted by atomic mass is 9.97. The number of benzene rings is 1. The first-order valence-corrected chi connectivity index (χ1v) is 11.5. The summed E-state index contributed by atoms with van der Waals surface area (Å²) in [6.45, 7) is 0.0662. The summed E-state index contributed by atoms with van der Waals surface area (Å²) in [4.78, 5) is 28.0. The van der Waals surface area contributed by atoms with Gasteiger partial charge in [0.2, 0.25) is 10.0 Å². The molecule has 1 aromatic carbocycles. The number of thiophene rings is 1. The molecule has 0 radical (unpaired) electrons. The van der Waals surface area contributed by atoms with Crippen LogP contribution in [-0.2, 0) is 24.1 Å². The Morgan fingerprint density at radius 2 is 1.90 bits per heavy atom. The van der Waals surface area contributed by atoms with Crippen molar-refractivity contribution in [2.75, 3.05) is 6.54 Å². The van der Waals surface area contributed by atoms with Crippen LogP contribution >= 0.6 is 11.3 Å². The van der Waals surface area contributed by atoms with Crippen molar-refractivity contribution < 1.29 is 8.42 Å². The van der Waals surface area contributed by atoms with Crippen LogP contribution in [0.15, 0.2) is 68.7 Å². The van der Waals surface area contributed by atoms with Gasteiger partial charge in [-0.25, -0.2) is 17.9 Å². The van der Waals surface area contributed by atoms with Crippen molar-refractivity contribution in [1.29, 1.82) is 0 Å². The van der Waals surface area contributed by atoms with Crippen molar-refractivity contribution in [3.8, 4) is 0 Å². The summed E-state index contributed by atoms with van der Waals surface area (Å²) in [6, 6.07) is 11.7. The number of hydrogen-bond donors (Lipinski definition) is 2. The molecule has 30 heavy (non-hydrogen) atoms. The molecule has 10 heteroatoms. The fourth-order valence-corrected chi connectivity index (χ4v) is 5.52. The number of H-pyrrole nitrogens is 1. The minimum absolute atomic E-state index is 0.0662. The molecule has 0 fully saturated rings. The number of aromatic nitrogens is 3. The largest absolute Gasteiger partial charge is 0.361 e. The van der Waals surface area contributed by atoms with E-state index in [4.69, 9.17) is 0 Å². The maximum Gasteiger partial charge on any atom is 0.330 e. The van der Waals surface area contributed by atoms with Crippen LogP contribution < -0.4 is 16.0 Å². The molecular formula is C20H20N4O4S2. The number of hydrogen-bond acceptors (Lipinski definition) is 5. The summed E-state index contributed by atoms with van der Waals surface area (Å²) in [6.07, 6.45) is 2.94. The summed E-state index contributed by atoms with van der Waals surface area (Å²) >= 11 is 1.53. The van der Waals surface area contributed by atoms with Crippen molar-refractivity contribution >= 4 is 32.3 Å². The molecule has 0 saturated carbocycles. The van der Waals surface area contributed by atoms with E-state index in [1.165, 1.54) is 25.4 Å². The molecule has 8 nitrogen and oxygen atoms in total. The summed E-state index contributed by atoms with van der Waals surface area (Å²) in [5.74, 6) is -0.243. The SMILES string of the molecule is Cn1cc(S(=O)(=O)NC[C@H](c2cccs2)c2c[nH]c3ccccc23)c(=O)n(C)c1=O. The van der Waals surface area contributed by atoms with Gasteiger partial charge in [0.05, 0.1) is 0 Å². The number of sulfonamides is 1. The standard InChI is InChI=1S/C20H20N4O4S2/c1-23-12-18(19(25)24(2)20(23)26)30(27,28)22-11-15(17-8-5-9-29-17)14-10-21-16-7-4-3-6-13(14)16/h3-10,12,15,21-22H,11H2,1-2H3/t15-/m0/s1. The highest BCUT2D eigenvalue weighted by molar-refractivity contribution is 7.89. The lowest BCUT2D eigenvalue weighted by Crippen LogP contribution is -2.42. The molecule has 3 aromatic heterocycles. The van der Waals surface area contributed by atoms with E-state index in [1.807, 2.05) is 48.0 Å². The van der Waals surface area contributed by atoms with E-state index < -0.39 is 26.2 Å². The molecule has 4 aromatic rings. The van der Waals surface area contributed by atoms with Gasteiger partial charge >= 0.3 is 5.69 Å². The van der Waals surface area contributed by atoms with Crippen molar-refractivity contribution in [3.63, 3.8) is 0 Å². The Hall–Kier alpha value is -2.95. The molecule has 0 amide bonds. The number of fused-ring (bicyclic) bond motifs is 1. The molecule has 3 heterocycles. The van der Waals surface area contributed by atoms with E-state index in [1.54, 1.807) is 0 Å². The smallest absolute Gasteiger partial charge is 0.330 e. The van der Waals surface area contributed by atoms with Gasteiger partial charge in [0, 0.05) is 54.7 Å². The van der Waals surface area contributed by atoms with Crippen molar-refractivity contribution in [1.82, 2.24) is 18.8 Å². The Balaban J connectivity index is 1.72. The van der Waals surface area contributed by atoms with Crippen molar-refractivity contribution in [2.24, 2.45) is 14.1 Å². The zero-order chi connectivity index (χ0) is 21.5. The highest BCUT2D eigenvalue weighted by atomic mass is 32.2. The molecule has 0 aliphatic heterocycles. The second kappa shape index (κ2) is 7.71. The highest BCUT2D eigenvalue weighted by Gasteiger charge is 2.25. The minimum Gasteiger partial charge on any atom is -0.361 e. The first kappa shape index (κ1) is 20.3. The second-order valence-corrected chi connectivity index (χ2v) is 9.68. The molecule has 1 atom stereocenters. The van der Waals surface area contributed by atoms with Crippen LogP contribution in [0.3, 0.4) is 0 Å². The van der Waals surface area contributed by atoms with Gasteiger partial charge in [0.25, 0.3) is 5.56 Å². The van der Waals surface area contributed by atoms with Gasteiger partial charge in [-0.3, -0.25) is 9.36 Å². The third kappa shape index (κ3) is 3.53. The molecule has 0 bridgehead atoms. The van der Waals surface area contributed by atoms with Crippen LogP contribution in [0.2, 0.25) is 0 Å². The Labute approximate surface area is 176 Å². The number of para-hydroxylation sites is 1. The maximum atomic E-state index is 12.9. The summed E-state index contributed by atoms with van der Waals surface area (Å²) in [7, 11) is -1.47. The molecule has 0 aliphatic carbocycles. The van der Waals surface area contributed by atoms with Gasteiger partial charge in [-0.2, -0.15) is 0 Å². The van der Waals surface area contributed by atoms with Crippen molar-refractivity contribution in [3.05, 3.63) is 85.5 Å². The van der Waals surface area contributed by atoms with E-state index in [0.717, 1.165) is 36.7 Å². The van der Waals surface area contributed by atoms with Crippen LogP contribution in [0.4, 0.5) is 0 Å². The van der Waals surface area contributed by atoms with Crippen LogP contribution in [-0.4, -0.2) is 29.1 Å². The molecule has 4 rings (SSSR count). The monoisotopic (exact) mass is 444 g/mol. The number of aryl methyl sites for hydroxylation is 1. The third-order valence-corrected chi connectivity index (χ3v) is 7.46. The van der Waals surface area contributed by atoms with Gasteiger partial charge < -0.3 is 9.55 Å². The average Bonchev–Trinajstić information content (AvgIpc) is 3.40. The van der Waals surface area contributed by atoms with Crippen LogP contribution in [0, 0.1) is 0 Å². The van der Waals surface area contributed by atoms with Crippen LogP contribution in [0.1, 0.15) is 16.4 Å². The lowest BCUT2D eigenvalue weighted by Gasteiger charge is -2.17. The second-order valence-electron chi connectivity index (χ2n) is 6.96. The van der Waals surface area contributed by atoms with Crippen molar-refractivity contribution in [2.45, 2.75) is 10.8 Å². The van der Waals surface area contributed by atoms with E-state index in [-0.39, 0.29) is 12.5 Å². The summed E-state index contributed by atoms with van der Waals surface area (Å²) < 4.78 is 30.3. The van der Waals surface area contributed by atoms with Gasteiger partial charge in [-0.05, 0) is 23.1 Å². The Bertz CT molecular complexity index is 1430. The van der Waals surface area contributed by atoms with E-state index >= 15 is 0 Å². The normalized spacial score (nSPS) is 13.0. The average molecular weight is 445 g/mol. The van der Waals surface area contributed by atoms with Gasteiger partial charge in [0.15, 0.2) is 4.90 Å². The van der Waals surface area contributed by atoms with Gasteiger partial charge in [-0.15, -0.1) is 11.3 Å². The zero-order valence-corrected chi connectivity index (χ0v) is 18.0. The summed E-state index contributed by atoms with van der Waals surface area (Å²) in [5, 5.41) is 2.95. The fourth-order valence-electron chi connectivity index (χ4n) is 3.47. The topological polar surface area (TPSA) is 106 Å². The molecule has 0 spiro atoms. The van der Waals surface area contributed by atoms with Crippen LogP contribution in [0.25, 0.3) is 10.9 Å². The van der Waals surface area contributed by atoms with Gasteiger partial charge in [-0.1, -0.05) is 24.3 Å². The molecule has 0 saturated heterocycles. The predicted molar refractivity (Wildman–Crippen MR) is 117 cm³/mol. The quantitative estimate of drug-likeness (QED) is 0.472. The Morgan fingerprint density at radius 3 is 2.63 bits per heavy atom. The van der Waals surface area contributed by atoms with E-state index in [9.17, 15) is 18.0 Å². The number of nitrogens with one attached hydrogen (secondary N) is 2. The Kier molecular flexibility index (Phi) is 5.22. The number of nitrogens with zero attached hydrogens (tertiary/aromatic N) is 2. The molecule has 0 unspecified atom stereocenters. The van der Waals surface area contributed by atoms with E-state index in [2.05, 4.69) is 9.71 Å². The lowest BCUT2D eigenvalue weighted by molar-refractivity contribution is 0.568. The zero-order valence-electron chi connectivity index (χ0n) is 16.3. The molecule has 156 valence electrons. The first-order chi connectivity index (χ1) is 14.3. The maximum absolute atomic E-state index is 12.9. The molecule has 0 aliphatic rings. The van der Waals surface area contributed by atoms with E-state index in [0.29, 0.717) is 0 Å². The molecule has 2 N–H and O–H groups in total. The van der Waals surface area contributed by atoms with Gasteiger partial charge in [0.1, 0.15) is 0 Å². The number of rotatable bonds is 6. The Morgan fingerprint density at radius 1 is 1.13 bits per heavy atom. The highest BCUT2D eigenvalue weighted by Crippen LogP contribution is 2.33. The first-order valence-electron chi connectivity index (χ1n) is 9.15. The predicted octanol–water partition coefficient (Wildman–Crippen LogP) is 1.74. The number of aromatic amines is 1. The molecular weight excluding hydrogens is 424 g/mol. The minimum atomic E-state index is -4.13. The van der Waals surface area contributed by atoms with Crippen LogP contribution in [0.5, 0.6) is 0 Å². The summed E-state index contributed by atoms with van der Waals surface area (Å²) in [5.41, 5.74) is 0.479. The third-order valence-electron chi connectivity index (χ3n) is 5.07.